The van der Waals surface area contributed by atoms with Crippen LogP contribution in [0.3, 0.4) is 0 Å². The smallest absolute Gasteiger partial charge is 0.0961 e. The first-order valence-corrected chi connectivity index (χ1v) is 5.77. The predicted octanol–water partition coefficient (Wildman–Crippen LogP) is 2.24. The second-order valence-electron chi connectivity index (χ2n) is 4.85. The molecule has 1 aliphatic rings. The van der Waals surface area contributed by atoms with Crippen LogP contribution in [0.25, 0.3) is 0 Å². The van der Waals surface area contributed by atoms with E-state index in [0.717, 1.165) is 22.6 Å². The molecule has 0 unspecified atom stereocenters. The lowest BCUT2D eigenvalue weighted by atomic mass is 10.2. The predicted molar refractivity (Wildman–Crippen MR) is 65.5 cm³/mol. The summed E-state index contributed by atoms with van der Waals surface area (Å²) in [5.74, 6) is 0. The van der Waals surface area contributed by atoms with Gasteiger partial charge >= 0.3 is 0 Å². The molecule has 0 spiro atoms. The van der Waals surface area contributed by atoms with Crippen molar-refractivity contribution in [2.45, 2.75) is 0 Å². The lowest BCUT2D eigenvalue weighted by Crippen LogP contribution is -2.54. The topological polar surface area (TPSA) is 3.24 Å². The molecule has 82 valence electrons. The van der Waals surface area contributed by atoms with Gasteiger partial charge in [0.1, 0.15) is 0 Å². The lowest BCUT2D eigenvalue weighted by molar-refractivity contribution is -0.890. The summed E-state index contributed by atoms with van der Waals surface area (Å²) in [6, 6.07) is 8.14. The minimum absolute atomic E-state index is 0.812. The second-order valence-corrected chi connectivity index (χ2v) is 5.28. The summed E-state index contributed by atoms with van der Waals surface area (Å²) in [6.45, 7) is 4.69. The van der Waals surface area contributed by atoms with E-state index in [1.54, 1.807) is 0 Å². The van der Waals surface area contributed by atoms with Crippen LogP contribution in [0.5, 0.6) is 0 Å². The Labute approximate surface area is 96.6 Å². The van der Waals surface area contributed by atoms with Crippen LogP contribution in [0.4, 0.5) is 5.69 Å². The zero-order valence-electron chi connectivity index (χ0n) is 9.41. The van der Waals surface area contributed by atoms with E-state index in [2.05, 4.69) is 31.1 Å². The van der Waals surface area contributed by atoms with Gasteiger partial charge in [-0.2, -0.15) is 0 Å². The fourth-order valence-electron chi connectivity index (χ4n) is 1.92. The standard InChI is InChI=1S/C12H18ClN2/c1-15(2)9-7-14(8-10-15)12-5-3-11(13)4-6-12/h3-6H,7-10H2,1-2H3/q+1. The van der Waals surface area contributed by atoms with Crippen molar-refractivity contribution in [1.82, 2.24) is 0 Å². The molecule has 0 atom stereocenters. The number of hydrogen-bond donors (Lipinski definition) is 0. The summed E-state index contributed by atoms with van der Waals surface area (Å²) in [5.41, 5.74) is 1.29. The summed E-state index contributed by atoms with van der Waals surface area (Å²) in [7, 11) is 4.58. The van der Waals surface area contributed by atoms with E-state index in [1.165, 1.54) is 18.8 Å². The number of halogens is 1. The molecule has 0 N–H and O–H groups in total. The Kier molecular flexibility index (Phi) is 2.89. The van der Waals surface area contributed by atoms with Crippen molar-refractivity contribution in [2.75, 3.05) is 45.2 Å². The summed E-state index contributed by atoms with van der Waals surface area (Å²) in [5, 5.41) is 0.812. The van der Waals surface area contributed by atoms with Gasteiger partial charge in [-0.25, -0.2) is 0 Å². The van der Waals surface area contributed by atoms with Crippen LogP contribution in [-0.2, 0) is 0 Å². The molecule has 3 heteroatoms. The number of anilines is 1. The first-order chi connectivity index (χ1) is 7.07. The number of piperazine rings is 1. The van der Waals surface area contributed by atoms with Gasteiger partial charge in [0.2, 0.25) is 0 Å². The summed E-state index contributed by atoms with van der Waals surface area (Å²) < 4.78 is 1.13. The summed E-state index contributed by atoms with van der Waals surface area (Å²) in [4.78, 5) is 2.43. The molecule has 0 saturated carbocycles. The van der Waals surface area contributed by atoms with Crippen molar-refractivity contribution in [3.63, 3.8) is 0 Å². The van der Waals surface area contributed by atoms with Gasteiger partial charge in [-0.1, -0.05) is 11.6 Å². The van der Waals surface area contributed by atoms with Crippen molar-refractivity contribution < 1.29 is 4.48 Å². The van der Waals surface area contributed by atoms with Crippen molar-refractivity contribution in [2.24, 2.45) is 0 Å². The molecule has 0 amide bonds. The molecule has 2 nitrogen and oxygen atoms in total. The largest absolute Gasteiger partial charge is 0.360 e. The highest BCUT2D eigenvalue weighted by molar-refractivity contribution is 6.30. The fourth-order valence-corrected chi connectivity index (χ4v) is 2.04. The van der Waals surface area contributed by atoms with Crippen LogP contribution in [0.1, 0.15) is 0 Å². The summed E-state index contributed by atoms with van der Waals surface area (Å²) in [6.07, 6.45) is 0. The van der Waals surface area contributed by atoms with E-state index in [0.29, 0.717) is 0 Å². The molecule has 1 aromatic carbocycles. The molecular formula is C12H18ClN2+. The van der Waals surface area contributed by atoms with Crippen molar-refractivity contribution >= 4 is 17.3 Å². The zero-order valence-corrected chi connectivity index (χ0v) is 10.2. The normalized spacial score (nSPS) is 20.3. The van der Waals surface area contributed by atoms with Crippen molar-refractivity contribution in [1.29, 1.82) is 0 Å². The minimum Gasteiger partial charge on any atom is -0.360 e. The van der Waals surface area contributed by atoms with Gasteiger partial charge < -0.3 is 9.38 Å². The van der Waals surface area contributed by atoms with Gasteiger partial charge in [0.05, 0.1) is 40.3 Å². The Hall–Kier alpha value is -0.730. The number of benzene rings is 1. The van der Waals surface area contributed by atoms with E-state index in [4.69, 9.17) is 11.6 Å². The van der Waals surface area contributed by atoms with E-state index >= 15 is 0 Å². The van der Waals surface area contributed by atoms with E-state index in [1.807, 2.05) is 12.1 Å². The molecule has 1 saturated heterocycles. The van der Waals surface area contributed by atoms with Crippen LogP contribution in [0, 0.1) is 0 Å². The van der Waals surface area contributed by atoms with Gasteiger partial charge in [-0.3, -0.25) is 0 Å². The first kappa shape index (κ1) is 10.8. The monoisotopic (exact) mass is 225 g/mol. The maximum absolute atomic E-state index is 5.87. The third kappa shape index (κ3) is 2.64. The van der Waals surface area contributed by atoms with Crippen LogP contribution in [0.2, 0.25) is 5.02 Å². The van der Waals surface area contributed by atoms with E-state index in [9.17, 15) is 0 Å². The van der Waals surface area contributed by atoms with Crippen LogP contribution < -0.4 is 4.90 Å². The first-order valence-electron chi connectivity index (χ1n) is 5.39. The maximum atomic E-state index is 5.87. The number of nitrogens with zero attached hydrogens (tertiary/aromatic N) is 2. The SMILES string of the molecule is C[N+]1(C)CCN(c2ccc(Cl)cc2)CC1. The van der Waals surface area contributed by atoms with Crippen molar-refractivity contribution in [3.05, 3.63) is 29.3 Å². The molecule has 0 radical (unpaired) electrons. The van der Waals surface area contributed by atoms with E-state index < -0.39 is 0 Å². The second kappa shape index (κ2) is 4.03. The van der Waals surface area contributed by atoms with Crippen LogP contribution >= 0.6 is 11.6 Å². The molecule has 1 heterocycles. The Morgan fingerprint density at radius 3 is 2.13 bits per heavy atom. The molecule has 0 aliphatic carbocycles. The molecule has 0 aromatic heterocycles. The van der Waals surface area contributed by atoms with Crippen LogP contribution in [-0.4, -0.2) is 44.8 Å². The molecule has 1 aliphatic heterocycles. The van der Waals surface area contributed by atoms with Gasteiger partial charge in [0.25, 0.3) is 0 Å². The number of hydrogen-bond acceptors (Lipinski definition) is 1. The number of likely N-dealkylation sites (N-methyl/N-ethyl adjacent to an activating group) is 1. The number of rotatable bonds is 1. The van der Waals surface area contributed by atoms with Gasteiger partial charge in [0.15, 0.2) is 0 Å². The maximum Gasteiger partial charge on any atom is 0.0961 e. The Morgan fingerprint density at radius 1 is 1.07 bits per heavy atom. The fraction of sp³-hybridized carbons (Fsp3) is 0.500. The van der Waals surface area contributed by atoms with Gasteiger partial charge in [-0.05, 0) is 24.3 Å². The van der Waals surface area contributed by atoms with Gasteiger partial charge in [-0.15, -0.1) is 0 Å². The molecule has 2 rings (SSSR count). The van der Waals surface area contributed by atoms with Crippen LogP contribution in [0.15, 0.2) is 24.3 Å². The highest BCUT2D eigenvalue weighted by atomic mass is 35.5. The highest BCUT2D eigenvalue weighted by Gasteiger charge is 2.23. The molecular weight excluding hydrogens is 208 g/mol. The average Bonchev–Trinajstić information content (AvgIpc) is 2.20. The zero-order chi connectivity index (χ0) is 10.9. The summed E-state index contributed by atoms with van der Waals surface area (Å²) >= 11 is 5.87. The third-order valence-corrected chi connectivity index (χ3v) is 3.39. The van der Waals surface area contributed by atoms with Gasteiger partial charge in [0, 0.05) is 10.7 Å². The molecule has 1 fully saturated rings. The molecule has 15 heavy (non-hydrogen) atoms. The molecule has 1 aromatic rings. The third-order valence-electron chi connectivity index (χ3n) is 3.14. The minimum atomic E-state index is 0.812. The Morgan fingerprint density at radius 2 is 1.60 bits per heavy atom. The Balaban J connectivity index is 2.04. The highest BCUT2D eigenvalue weighted by Crippen LogP contribution is 2.20. The Bertz CT molecular complexity index is 322. The van der Waals surface area contributed by atoms with Crippen molar-refractivity contribution in [3.8, 4) is 0 Å². The quantitative estimate of drug-likeness (QED) is 0.663. The number of quaternary nitrogens is 1. The average molecular weight is 226 g/mol. The lowest BCUT2D eigenvalue weighted by Gasteiger charge is -2.40. The van der Waals surface area contributed by atoms with E-state index in [-0.39, 0.29) is 0 Å². The molecule has 0 bridgehead atoms.